The van der Waals surface area contributed by atoms with Crippen molar-refractivity contribution in [2.24, 2.45) is 0 Å². The number of carboxylic acids is 1. The van der Waals surface area contributed by atoms with E-state index < -0.39 is 5.97 Å². The summed E-state index contributed by atoms with van der Waals surface area (Å²) in [5.41, 5.74) is 2.07. The Bertz CT molecular complexity index is 784. The van der Waals surface area contributed by atoms with Crippen LogP contribution in [0.25, 0.3) is 0 Å². The lowest BCUT2D eigenvalue weighted by atomic mass is 10.1. The largest absolute Gasteiger partial charge is 0.497 e. The lowest BCUT2D eigenvalue weighted by Gasteiger charge is -2.23. The van der Waals surface area contributed by atoms with Crippen LogP contribution in [0.15, 0.2) is 48.5 Å². The Hall–Kier alpha value is -3.02. The first-order valence-electron chi connectivity index (χ1n) is 10.3. The van der Waals surface area contributed by atoms with E-state index in [2.05, 4.69) is 12.1 Å². The van der Waals surface area contributed by atoms with Gasteiger partial charge in [-0.2, -0.15) is 0 Å². The zero-order chi connectivity index (χ0) is 21.8. The monoisotopic (exact) mass is 413 g/mol. The Balaban J connectivity index is 2.00. The van der Waals surface area contributed by atoms with Crippen molar-refractivity contribution in [3.05, 3.63) is 59.7 Å². The highest BCUT2D eigenvalue weighted by Crippen LogP contribution is 2.23. The number of carbonyl (C=O) groups excluding carboxylic acids is 1. The van der Waals surface area contributed by atoms with E-state index in [1.165, 1.54) is 5.56 Å². The van der Waals surface area contributed by atoms with Gasteiger partial charge in [0.05, 0.1) is 20.6 Å². The summed E-state index contributed by atoms with van der Waals surface area (Å²) in [6, 6.07) is 15.6. The normalized spacial score (nSPS) is 10.5. The Kier molecular flexibility index (Phi) is 9.71. The molecule has 1 N–H and O–H groups in total. The summed E-state index contributed by atoms with van der Waals surface area (Å²) in [5.74, 6) is 0.512. The molecule has 0 aromatic heterocycles. The topological polar surface area (TPSA) is 76.1 Å². The Morgan fingerprint density at radius 3 is 2.10 bits per heavy atom. The summed E-state index contributed by atoms with van der Waals surface area (Å²) in [4.78, 5) is 25.6. The summed E-state index contributed by atoms with van der Waals surface area (Å²) < 4.78 is 10.6. The van der Waals surface area contributed by atoms with Crippen LogP contribution in [0.3, 0.4) is 0 Å². The quantitative estimate of drug-likeness (QED) is 0.503. The first-order chi connectivity index (χ1) is 14.5. The van der Waals surface area contributed by atoms with E-state index in [1.807, 2.05) is 35.2 Å². The van der Waals surface area contributed by atoms with Crippen LogP contribution < -0.4 is 9.47 Å². The fourth-order valence-electron chi connectivity index (χ4n) is 3.31. The van der Waals surface area contributed by atoms with Gasteiger partial charge in [-0.05, 0) is 48.9 Å². The Labute approximate surface area is 178 Å². The van der Waals surface area contributed by atoms with Crippen LogP contribution in [0.4, 0.5) is 0 Å². The molecule has 0 heterocycles. The molecule has 2 aromatic rings. The highest BCUT2D eigenvalue weighted by molar-refractivity contribution is 5.79. The molecule has 0 fully saturated rings. The second-order valence-corrected chi connectivity index (χ2v) is 7.22. The molecule has 30 heavy (non-hydrogen) atoms. The average molecular weight is 414 g/mol. The van der Waals surface area contributed by atoms with Gasteiger partial charge in [-0.3, -0.25) is 9.59 Å². The zero-order valence-corrected chi connectivity index (χ0v) is 17.8. The minimum atomic E-state index is -0.805. The van der Waals surface area contributed by atoms with Gasteiger partial charge in [-0.1, -0.05) is 30.3 Å². The lowest BCUT2D eigenvalue weighted by molar-refractivity contribution is -0.137. The smallest absolute Gasteiger partial charge is 0.303 e. The number of methoxy groups -OCH3 is 2. The van der Waals surface area contributed by atoms with Crippen LogP contribution >= 0.6 is 0 Å². The van der Waals surface area contributed by atoms with Crippen molar-refractivity contribution in [1.29, 1.82) is 0 Å². The molecule has 0 unspecified atom stereocenters. The standard InChI is InChI=1S/C24H31NO5/c1-29-21-15-20(16-22(18-21)30-2)17-23(26)25(13-7-6-12-24(27)28)14-8-11-19-9-4-3-5-10-19/h3-5,9-10,15-16,18H,6-8,11-14,17H2,1-2H3,(H,27,28). The number of nitrogens with zero attached hydrogens (tertiary/aromatic N) is 1. The molecule has 0 aliphatic heterocycles. The van der Waals surface area contributed by atoms with Gasteiger partial charge in [0, 0.05) is 25.6 Å². The van der Waals surface area contributed by atoms with E-state index in [4.69, 9.17) is 14.6 Å². The minimum Gasteiger partial charge on any atom is -0.497 e. The first kappa shape index (κ1) is 23.3. The number of benzene rings is 2. The number of rotatable bonds is 13. The molecule has 0 bridgehead atoms. The predicted octanol–water partition coefficient (Wildman–Crippen LogP) is 3.96. The number of carboxylic acid groups (broad SMARTS) is 1. The second kappa shape index (κ2) is 12.5. The number of hydrogen-bond donors (Lipinski definition) is 1. The number of hydrogen-bond acceptors (Lipinski definition) is 4. The summed E-state index contributed by atoms with van der Waals surface area (Å²) >= 11 is 0. The van der Waals surface area contributed by atoms with Crippen molar-refractivity contribution in [1.82, 2.24) is 4.90 Å². The van der Waals surface area contributed by atoms with Crippen LogP contribution in [0.2, 0.25) is 0 Å². The zero-order valence-electron chi connectivity index (χ0n) is 17.8. The van der Waals surface area contributed by atoms with E-state index in [1.54, 1.807) is 20.3 Å². The summed E-state index contributed by atoms with van der Waals surface area (Å²) in [6.45, 7) is 1.20. The highest BCUT2D eigenvalue weighted by Gasteiger charge is 2.15. The maximum atomic E-state index is 13.0. The van der Waals surface area contributed by atoms with E-state index >= 15 is 0 Å². The molecule has 0 atom stereocenters. The summed E-state index contributed by atoms with van der Waals surface area (Å²) in [5, 5.41) is 8.84. The van der Waals surface area contributed by atoms with Crippen molar-refractivity contribution in [2.75, 3.05) is 27.3 Å². The van der Waals surface area contributed by atoms with Gasteiger partial charge in [-0.25, -0.2) is 0 Å². The summed E-state index contributed by atoms with van der Waals surface area (Å²) in [7, 11) is 3.16. The number of carbonyl (C=O) groups is 2. The van der Waals surface area contributed by atoms with E-state index in [-0.39, 0.29) is 18.7 Å². The van der Waals surface area contributed by atoms with Crippen molar-refractivity contribution >= 4 is 11.9 Å². The highest BCUT2D eigenvalue weighted by atomic mass is 16.5. The average Bonchev–Trinajstić information content (AvgIpc) is 2.75. The predicted molar refractivity (Wildman–Crippen MR) is 116 cm³/mol. The third kappa shape index (κ3) is 8.15. The van der Waals surface area contributed by atoms with E-state index in [0.29, 0.717) is 37.4 Å². The fourth-order valence-corrected chi connectivity index (χ4v) is 3.31. The molecule has 2 aromatic carbocycles. The molecule has 162 valence electrons. The van der Waals surface area contributed by atoms with Crippen LogP contribution in [0, 0.1) is 0 Å². The van der Waals surface area contributed by atoms with Gasteiger partial charge in [0.15, 0.2) is 0 Å². The number of aliphatic carboxylic acids is 1. The first-order valence-corrected chi connectivity index (χ1v) is 10.3. The molecule has 6 heteroatoms. The minimum absolute atomic E-state index is 0.0219. The third-order valence-electron chi connectivity index (χ3n) is 4.92. The van der Waals surface area contributed by atoms with E-state index in [0.717, 1.165) is 18.4 Å². The molecule has 0 saturated carbocycles. The second-order valence-electron chi connectivity index (χ2n) is 7.22. The van der Waals surface area contributed by atoms with Crippen molar-refractivity contribution in [3.8, 4) is 11.5 Å². The van der Waals surface area contributed by atoms with Gasteiger partial charge >= 0.3 is 5.97 Å². The molecule has 0 aliphatic carbocycles. The Morgan fingerprint density at radius 2 is 1.50 bits per heavy atom. The molecule has 0 radical (unpaired) electrons. The molecular weight excluding hydrogens is 382 g/mol. The van der Waals surface area contributed by atoms with Crippen LogP contribution in [0.1, 0.15) is 36.8 Å². The van der Waals surface area contributed by atoms with Gasteiger partial charge in [0.2, 0.25) is 5.91 Å². The molecule has 0 saturated heterocycles. The fraction of sp³-hybridized carbons (Fsp3) is 0.417. The van der Waals surface area contributed by atoms with Crippen LogP contribution in [0.5, 0.6) is 11.5 Å². The molecular formula is C24H31NO5. The Morgan fingerprint density at radius 1 is 0.867 bits per heavy atom. The number of amides is 1. The maximum Gasteiger partial charge on any atom is 0.303 e. The number of unbranched alkanes of at least 4 members (excludes halogenated alkanes) is 1. The van der Waals surface area contributed by atoms with Crippen LogP contribution in [-0.2, 0) is 22.4 Å². The summed E-state index contributed by atoms with van der Waals surface area (Å²) in [6.07, 6.45) is 3.36. The maximum absolute atomic E-state index is 13.0. The molecule has 1 amide bonds. The van der Waals surface area contributed by atoms with E-state index in [9.17, 15) is 9.59 Å². The SMILES string of the molecule is COc1cc(CC(=O)N(CCCCC(=O)O)CCCc2ccccc2)cc(OC)c1. The number of ether oxygens (including phenoxy) is 2. The molecule has 0 spiro atoms. The van der Waals surface area contributed by atoms with Crippen molar-refractivity contribution in [3.63, 3.8) is 0 Å². The number of aryl methyl sites for hydroxylation is 1. The van der Waals surface area contributed by atoms with Gasteiger partial charge in [0.1, 0.15) is 11.5 Å². The van der Waals surface area contributed by atoms with Gasteiger partial charge in [0.25, 0.3) is 0 Å². The van der Waals surface area contributed by atoms with Gasteiger partial charge < -0.3 is 19.5 Å². The third-order valence-corrected chi connectivity index (χ3v) is 4.92. The van der Waals surface area contributed by atoms with Crippen molar-refractivity contribution in [2.45, 2.75) is 38.5 Å². The van der Waals surface area contributed by atoms with Gasteiger partial charge in [-0.15, -0.1) is 0 Å². The molecule has 2 rings (SSSR count). The lowest BCUT2D eigenvalue weighted by Crippen LogP contribution is -2.34. The van der Waals surface area contributed by atoms with Crippen molar-refractivity contribution < 1.29 is 24.2 Å². The molecule has 6 nitrogen and oxygen atoms in total. The molecule has 0 aliphatic rings. The van der Waals surface area contributed by atoms with Crippen LogP contribution in [-0.4, -0.2) is 49.2 Å².